The van der Waals surface area contributed by atoms with Crippen molar-refractivity contribution in [3.05, 3.63) is 46.7 Å². The Labute approximate surface area is 144 Å². The molecule has 0 saturated carbocycles. The summed E-state index contributed by atoms with van der Waals surface area (Å²) in [6.45, 7) is 2.38. The minimum absolute atomic E-state index is 0.106. The number of fused-ring (bicyclic) bond motifs is 1. The molecule has 0 bridgehead atoms. The SMILES string of the molecule is CCOC1=CC=NC2=[N+](C)C(=O)N(Cc3ccccc3Cl)C(=O)C12. The number of imide groups is 1. The highest BCUT2D eigenvalue weighted by Gasteiger charge is 2.49. The van der Waals surface area contributed by atoms with Crippen molar-refractivity contribution in [1.82, 2.24) is 4.90 Å². The van der Waals surface area contributed by atoms with Gasteiger partial charge in [0.25, 0.3) is 5.84 Å². The van der Waals surface area contributed by atoms with E-state index in [0.717, 1.165) is 0 Å². The number of amides is 3. The van der Waals surface area contributed by atoms with Crippen LogP contribution in [0, 0.1) is 5.92 Å². The van der Waals surface area contributed by atoms with Gasteiger partial charge in [-0.05, 0) is 13.0 Å². The monoisotopic (exact) mass is 346 g/mol. The zero-order valence-electron chi connectivity index (χ0n) is 13.4. The van der Waals surface area contributed by atoms with E-state index in [9.17, 15) is 9.59 Å². The Morgan fingerprint density at radius 1 is 1.33 bits per heavy atom. The third-order valence-corrected chi connectivity index (χ3v) is 4.33. The summed E-state index contributed by atoms with van der Waals surface area (Å²) in [5.41, 5.74) is 0.707. The Balaban J connectivity index is 1.99. The number of ether oxygens (including phenoxy) is 1. The van der Waals surface area contributed by atoms with Gasteiger partial charge in [-0.2, -0.15) is 9.48 Å². The number of benzene rings is 1. The van der Waals surface area contributed by atoms with Gasteiger partial charge in [0.15, 0.2) is 5.92 Å². The molecule has 24 heavy (non-hydrogen) atoms. The number of urea groups is 1. The molecular weight excluding hydrogens is 330 g/mol. The Morgan fingerprint density at radius 2 is 2.08 bits per heavy atom. The molecule has 0 saturated heterocycles. The molecule has 1 aromatic carbocycles. The molecule has 1 atom stereocenters. The van der Waals surface area contributed by atoms with Crippen molar-refractivity contribution in [2.75, 3.05) is 13.7 Å². The third kappa shape index (κ3) is 2.73. The van der Waals surface area contributed by atoms with Crippen LogP contribution in [0.25, 0.3) is 0 Å². The first-order chi connectivity index (χ1) is 11.5. The highest BCUT2D eigenvalue weighted by Crippen LogP contribution is 2.27. The van der Waals surface area contributed by atoms with E-state index in [1.54, 1.807) is 31.3 Å². The van der Waals surface area contributed by atoms with Crippen molar-refractivity contribution in [3.63, 3.8) is 0 Å². The molecule has 1 unspecified atom stereocenters. The summed E-state index contributed by atoms with van der Waals surface area (Å²) in [5.74, 6) is -0.188. The van der Waals surface area contributed by atoms with E-state index >= 15 is 0 Å². The molecule has 0 radical (unpaired) electrons. The predicted octanol–water partition coefficient (Wildman–Crippen LogP) is 2.46. The van der Waals surface area contributed by atoms with Crippen molar-refractivity contribution < 1.29 is 18.9 Å². The van der Waals surface area contributed by atoms with Gasteiger partial charge < -0.3 is 4.74 Å². The summed E-state index contributed by atoms with van der Waals surface area (Å²) < 4.78 is 6.95. The van der Waals surface area contributed by atoms with Crippen LogP contribution in [0.2, 0.25) is 5.02 Å². The molecule has 6 nitrogen and oxygen atoms in total. The number of dihydropyridines is 1. The van der Waals surface area contributed by atoms with Gasteiger partial charge in [0.05, 0.1) is 13.7 Å². The van der Waals surface area contributed by atoms with Crippen molar-refractivity contribution >= 4 is 35.6 Å². The molecule has 0 aromatic heterocycles. The molecule has 7 heteroatoms. The number of nitrogens with zero attached hydrogens (tertiary/aromatic N) is 3. The summed E-state index contributed by atoms with van der Waals surface area (Å²) in [6.07, 6.45) is 3.20. The second kappa shape index (κ2) is 6.57. The maximum Gasteiger partial charge on any atom is 0.445 e. The van der Waals surface area contributed by atoms with Crippen molar-refractivity contribution in [2.45, 2.75) is 13.5 Å². The van der Waals surface area contributed by atoms with Gasteiger partial charge in [-0.25, -0.2) is 4.79 Å². The summed E-state index contributed by atoms with van der Waals surface area (Å²) in [6, 6.07) is 6.71. The van der Waals surface area contributed by atoms with E-state index in [-0.39, 0.29) is 12.5 Å². The van der Waals surface area contributed by atoms with E-state index in [1.807, 2.05) is 13.0 Å². The Hall–Kier alpha value is -2.47. The lowest BCUT2D eigenvalue weighted by Crippen LogP contribution is -2.54. The second-order valence-electron chi connectivity index (χ2n) is 5.43. The molecule has 2 heterocycles. The maximum absolute atomic E-state index is 12.9. The number of aliphatic imine (C=N–C) groups is 1. The fourth-order valence-electron chi connectivity index (χ4n) is 2.77. The van der Waals surface area contributed by atoms with Crippen molar-refractivity contribution in [2.24, 2.45) is 10.9 Å². The highest BCUT2D eigenvalue weighted by atomic mass is 35.5. The Bertz CT molecular complexity index is 798. The average molecular weight is 347 g/mol. The molecule has 0 spiro atoms. The fraction of sp³-hybridized carbons (Fsp3) is 0.294. The Kier molecular flexibility index (Phi) is 4.49. The van der Waals surface area contributed by atoms with Gasteiger partial charge >= 0.3 is 11.9 Å². The standard InChI is InChI=1S/C17H17ClN3O3/c1-3-24-13-8-9-19-15-14(13)16(22)21(17(23)20(15)2)10-11-6-4-5-7-12(11)18/h4-9,14H,3,10H2,1-2H3/q+1. The van der Waals surface area contributed by atoms with E-state index in [2.05, 4.69) is 4.99 Å². The summed E-state index contributed by atoms with van der Waals surface area (Å²) >= 11 is 6.16. The smallest absolute Gasteiger partial charge is 0.445 e. The molecule has 0 fully saturated rings. The van der Waals surface area contributed by atoms with Crippen LogP contribution in [0.5, 0.6) is 0 Å². The van der Waals surface area contributed by atoms with E-state index in [4.69, 9.17) is 16.3 Å². The molecule has 0 aliphatic carbocycles. The minimum Gasteiger partial charge on any atom is -0.497 e. The number of allylic oxidation sites excluding steroid dienone is 1. The van der Waals surface area contributed by atoms with Crippen LogP contribution in [0.4, 0.5) is 4.79 Å². The van der Waals surface area contributed by atoms with E-state index in [1.165, 1.54) is 15.7 Å². The highest BCUT2D eigenvalue weighted by molar-refractivity contribution is 6.31. The molecule has 0 N–H and O–H groups in total. The lowest BCUT2D eigenvalue weighted by Gasteiger charge is -2.28. The average Bonchev–Trinajstić information content (AvgIpc) is 2.58. The lowest BCUT2D eigenvalue weighted by molar-refractivity contribution is -0.409. The van der Waals surface area contributed by atoms with Crippen LogP contribution in [-0.4, -0.2) is 47.1 Å². The molecule has 2 aliphatic heterocycles. The topological polar surface area (TPSA) is 62.0 Å². The normalized spacial score (nSPS) is 20.2. The first kappa shape index (κ1) is 16.4. The van der Waals surface area contributed by atoms with Crippen LogP contribution in [0.1, 0.15) is 12.5 Å². The number of carbonyl (C=O) groups is 2. The van der Waals surface area contributed by atoms with Crippen molar-refractivity contribution in [3.8, 4) is 0 Å². The van der Waals surface area contributed by atoms with Gasteiger partial charge in [-0.15, -0.1) is 4.99 Å². The van der Waals surface area contributed by atoms with E-state index in [0.29, 0.717) is 28.8 Å². The largest absolute Gasteiger partial charge is 0.497 e. The molecule has 2 aliphatic rings. The summed E-state index contributed by atoms with van der Waals surface area (Å²) in [7, 11) is 1.60. The number of halogens is 1. The van der Waals surface area contributed by atoms with Crippen LogP contribution >= 0.6 is 11.6 Å². The van der Waals surface area contributed by atoms with E-state index < -0.39 is 11.9 Å². The fourth-order valence-corrected chi connectivity index (χ4v) is 2.96. The zero-order valence-corrected chi connectivity index (χ0v) is 14.2. The molecule has 1 aromatic rings. The van der Waals surface area contributed by atoms with Gasteiger partial charge in [0.2, 0.25) is 0 Å². The quantitative estimate of drug-likeness (QED) is 0.787. The second-order valence-corrected chi connectivity index (χ2v) is 5.84. The van der Waals surface area contributed by atoms with Gasteiger partial charge in [-0.3, -0.25) is 4.79 Å². The first-order valence-corrected chi connectivity index (χ1v) is 7.98. The maximum atomic E-state index is 12.9. The summed E-state index contributed by atoms with van der Waals surface area (Å²) in [4.78, 5) is 30.9. The van der Waals surface area contributed by atoms with Crippen LogP contribution in [0.3, 0.4) is 0 Å². The number of hydrogen-bond acceptors (Lipinski definition) is 4. The lowest BCUT2D eigenvalue weighted by atomic mass is 9.99. The summed E-state index contributed by atoms with van der Waals surface area (Å²) in [5, 5.41) is 0.512. The van der Waals surface area contributed by atoms with Crippen LogP contribution < -0.4 is 0 Å². The number of amidine groups is 1. The van der Waals surface area contributed by atoms with Gasteiger partial charge in [0.1, 0.15) is 18.5 Å². The first-order valence-electron chi connectivity index (χ1n) is 7.61. The minimum atomic E-state index is -0.708. The number of rotatable bonds is 4. The van der Waals surface area contributed by atoms with Crippen LogP contribution in [0.15, 0.2) is 41.1 Å². The zero-order chi connectivity index (χ0) is 17.3. The van der Waals surface area contributed by atoms with Gasteiger partial charge in [0, 0.05) is 16.7 Å². The van der Waals surface area contributed by atoms with Crippen LogP contribution in [-0.2, 0) is 16.1 Å². The molecule has 3 rings (SSSR count). The predicted molar refractivity (Wildman–Crippen MR) is 90.3 cm³/mol. The molecular formula is C17H17ClN3O3+. The number of carbonyl (C=O) groups excluding carboxylic acids is 2. The third-order valence-electron chi connectivity index (χ3n) is 3.96. The molecule has 3 amide bonds. The molecule has 124 valence electrons. The van der Waals surface area contributed by atoms with Crippen molar-refractivity contribution in [1.29, 1.82) is 0 Å². The number of hydrogen-bond donors (Lipinski definition) is 0. The Morgan fingerprint density at radius 3 is 2.79 bits per heavy atom. The van der Waals surface area contributed by atoms with Gasteiger partial charge in [-0.1, -0.05) is 29.8 Å².